The van der Waals surface area contributed by atoms with Gasteiger partial charge in [-0.25, -0.2) is 0 Å². The van der Waals surface area contributed by atoms with E-state index in [1.807, 2.05) is 51.7 Å². The van der Waals surface area contributed by atoms with Crippen molar-refractivity contribution >= 4 is 5.91 Å². The fourth-order valence-electron chi connectivity index (χ4n) is 2.28. The zero-order chi connectivity index (χ0) is 15.3. The number of rotatable bonds is 6. The molecule has 1 amide bonds. The van der Waals surface area contributed by atoms with Gasteiger partial charge in [0.05, 0.1) is 6.54 Å². The van der Waals surface area contributed by atoms with Crippen LogP contribution in [0.2, 0.25) is 0 Å². The molecular weight excluding hydrogens is 252 g/mol. The van der Waals surface area contributed by atoms with Gasteiger partial charge in [0.1, 0.15) is 5.75 Å². The first-order valence-electron chi connectivity index (χ1n) is 7.18. The molecule has 0 aromatic heterocycles. The minimum absolute atomic E-state index is 0.00203. The molecule has 2 N–H and O–H groups in total. The number of benzene rings is 1. The minimum Gasteiger partial charge on any atom is -0.508 e. The highest BCUT2D eigenvalue weighted by Gasteiger charge is 2.20. The molecule has 0 aliphatic heterocycles. The lowest BCUT2D eigenvalue weighted by molar-refractivity contribution is -0.123. The quantitative estimate of drug-likeness (QED) is 0.841. The van der Waals surface area contributed by atoms with Crippen LogP contribution < -0.4 is 5.32 Å². The molecule has 4 heteroatoms. The molecule has 1 atom stereocenters. The Balaban J connectivity index is 2.83. The molecule has 0 saturated carbocycles. The molecule has 0 bridgehead atoms. The number of hydrogen-bond donors (Lipinski definition) is 2. The van der Waals surface area contributed by atoms with Crippen LogP contribution in [0.3, 0.4) is 0 Å². The van der Waals surface area contributed by atoms with Crippen LogP contribution >= 0.6 is 0 Å². The Kier molecular flexibility index (Phi) is 6.02. The summed E-state index contributed by atoms with van der Waals surface area (Å²) in [5.41, 5.74) is 1.97. The van der Waals surface area contributed by atoms with E-state index in [1.54, 1.807) is 6.07 Å². The zero-order valence-electron chi connectivity index (χ0n) is 13.1. The number of phenolic OH excluding ortho intramolecular Hbond substituents is 1. The Hall–Kier alpha value is -1.55. The second-order valence-corrected chi connectivity index (χ2v) is 5.52. The highest BCUT2D eigenvalue weighted by atomic mass is 16.3. The Bertz CT molecular complexity index is 458. The second-order valence-electron chi connectivity index (χ2n) is 5.52. The van der Waals surface area contributed by atoms with Gasteiger partial charge in [-0.15, -0.1) is 0 Å². The van der Waals surface area contributed by atoms with Gasteiger partial charge in [-0.05, 0) is 40.3 Å². The largest absolute Gasteiger partial charge is 0.508 e. The van der Waals surface area contributed by atoms with Gasteiger partial charge in [0, 0.05) is 17.6 Å². The number of likely N-dealkylation sites (N-methyl/N-ethyl adjacent to an activating group) is 1. The van der Waals surface area contributed by atoms with Crippen molar-refractivity contribution in [3.63, 3.8) is 0 Å². The lowest BCUT2D eigenvalue weighted by Gasteiger charge is -2.28. The molecule has 0 spiro atoms. The molecule has 0 aliphatic carbocycles. The van der Waals surface area contributed by atoms with Crippen LogP contribution in [0.5, 0.6) is 5.75 Å². The molecule has 1 aromatic carbocycles. The van der Waals surface area contributed by atoms with Gasteiger partial charge < -0.3 is 10.4 Å². The Morgan fingerprint density at radius 3 is 2.55 bits per heavy atom. The number of phenols is 1. The molecule has 20 heavy (non-hydrogen) atoms. The first-order valence-corrected chi connectivity index (χ1v) is 7.18. The Morgan fingerprint density at radius 2 is 2.00 bits per heavy atom. The van der Waals surface area contributed by atoms with Crippen LogP contribution in [0.4, 0.5) is 0 Å². The van der Waals surface area contributed by atoms with Crippen LogP contribution in [0.25, 0.3) is 0 Å². The molecule has 112 valence electrons. The third-order valence-electron chi connectivity index (χ3n) is 3.38. The monoisotopic (exact) mass is 278 g/mol. The number of carbonyl (C=O) groups is 1. The van der Waals surface area contributed by atoms with E-state index in [0.717, 1.165) is 17.7 Å². The van der Waals surface area contributed by atoms with Crippen molar-refractivity contribution in [3.8, 4) is 5.75 Å². The van der Waals surface area contributed by atoms with Crippen molar-refractivity contribution in [2.24, 2.45) is 0 Å². The molecule has 1 unspecified atom stereocenters. The predicted molar refractivity (Wildman–Crippen MR) is 81.8 cm³/mol. The lowest BCUT2D eigenvalue weighted by Crippen LogP contribution is -2.41. The van der Waals surface area contributed by atoms with Crippen molar-refractivity contribution in [2.75, 3.05) is 13.1 Å². The zero-order valence-corrected chi connectivity index (χ0v) is 13.1. The number of aromatic hydroxyl groups is 1. The Morgan fingerprint density at radius 1 is 1.35 bits per heavy atom. The maximum Gasteiger partial charge on any atom is 0.234 e. The second kappa shape index (κ2) is 7.29. The number of amides is 1. The van der Waals surface area contributed by atoms with E-state index < -0.39 is 0 Å². The van der Waals surface area contributed by atoms with Crippen LogP contribution in [0, 0.1) is 6.92 Å². The van der Waals surface area contributed by atoms with E-state index >= 15 is 0 Å². The molecular formula is C16H26N2O2. The SMILES string of the molecule is CCN(CC(=O)NC(C)C)C(C)c1cc(C)ccc1O. The maximum absolute atomic E-state index is 11.9. The van der Waals surface area contributed by atoms with Crippen molar-refractivity contribution in [3.05, 3.63) is 29.3 Å². The minimum atomic E-state index is -0.00203. The van der Waals surface area contributed by atoms with Crippen molar-refractivity contribution < 1.29 is 9.90 Å². The predicted octanol–water partition coefficient (Wildman–Crippen LogP) is 2.61. The number of aryl methyl sites for hydroxylation is 1. The van der Waals surface area contributed by atoms with Crippen molar-refractivity contribution in [2.45, 2.75) is 46.7 Å². The maximum atomic E-state index is 11.9. The molecule has 4 nitrogen and oxygen atoms in total. The number of nitrogens with zero attached hydrogens (tertiary/aromatic N) is 1. The fourth-order valence-corrected chi connectivity index (χ4v) is 2.28. The van der Waals surface area contributed by atoms with E-state index in [0.29, 0.717) is 6.54 Å². The summed E-state index contributed by atoms with van der Waals surface area (Å²) in [7, 11) is 0. The summed E-state index contributed by atoms with van der Waals surface area (Å²) < 4.78 is 0. The van der Waals surface area contributed by atoms with Crippen LogP contribution in [-0.4, -0.2) is 35.0 Å². The highest BCUT2D eigenvalue weighted by Crippen LogP contribution is 2.28. The summed E-state index contributed by atoms with van der Waals surface area (Å²) in [4.78, 5) is 13.9. The third-order valence-corrected chi connectivity index (χ3v) is 3.38. The summed E-state index contributed by atoms with van der Waals surface area (Å²) >= 11 is 0. The number of nitrogens with one attached hydrogen (secondary N) is 1. The summed E-state index contributed by atoms with van der Waals surface area (Å²) in [6.07, 6.45) is 0. The topological polar surface area (TPSA) is 52.6 Å². The normalized spacial score (nSPS) is 12.8. The van der Waals surface area contributed by atoms with Gasteiger partial charge >= 0.3 is 0 Å². The van der Waals surface area contributed by atoms with Crippen LogP contribution in [0.15, 0.2) is 18.2 Å². The summed E-state index contributed by atoms with van der Waals surface area (Å²) in [5.74, 6) is 0.298. The molecule has 0 aliphatic rings. The van der Waals surface area contributed by atoms with Gasteiger partial charge in [-0.2, -0.15) is 0 Å². The summed E-state index contributed by atoms with van der Waals surface area (Å²) in [5, 5.41) is 12.9. The average molecular weight is 278 g/mol. The van der Waals surface area contributed by atoms with Crippen LogP contribution in [-0.2, 0) is 4.79 Å². The molecule has 0 fully saturated rings. The standard InChI is InChI=1S/C16H26N2O2/c1-6-18(10-16(20)17-11(2)3)13(5)14-9-12(4)7-8-15(14)19/h7-9,11,13,19H,6,10H2,1-5H3,(H,17,20). The van der Waals surface area contributed by atoms with Crippen molar-refractivity contribution in [1.82, 2.24) is 10.2 Å². The number of carbonyl (C=O) groups excluding carboxylic acids is 1. The Labute approximate surface area is 121 Å². The van der Waals surface area contributed by atoms with Gasteiger partial charge in [-0.3, -0.25) is 9.69 Å². The van der Waals surface area contributed by atoms with Gasteiger partial charge in [-0.1, -0.05) is 24.6 Å². The van der Waals surface area contributed by atoms with E-state index in [-0.39, 0.29) is 23.7 Å². The van der Waals surface area contributed by atoms with Gasteiger partial charge in [0.15, 0.2) is 0 Å². The average Bonchev–Trinajstić information content (AvgIpc) is 2.37. The lowest BCUT2D eigenvalue weighted by atomic mass is 10.0. The smallest absolute Gasteiger partial charge is 0.234 e. The molecule has 1 aromatic rings. The van der Waals surface area contributed by atoms with E-state index in [2.05, 4.69) is 5.32 Å². The first kappa shape index (κ1) is 16.5. The highest BCUT2D eigenvalue weighted by molar-refractivity contribution is 5.78. The van der Waals surface area contributed by atoms with Crippen molar-refractivity contribution in [1.29, 1.82) is 0 Å². The summed E-state index contributed by atoms with van der Waals surface area (Å²) in [6.45, 7) is 11.0. The van der Waals surface area contributed by atoms with E-state index in [4.69, 9.17) is 0 Å². The molecule has 0 heterocycles. The third kappa shape index (κ3) is 4.53. The fraction of sp³-hybridized carbons (Fsp3) is 0.562. The van der Waals surface area contributed by atoms with E-state index in [1.165, 1.54) is 0 Å². The molecule has 0 saturated heterocycles. The van der Waals surface area contributed by atoms with Crippen LogP contribution in [0.1, 0.15) is 44.9 Å². The number of hydrogen-bond acceptors (Lipinski definition) is 3. The first-order chi connectivity index (χ1) is 9.35. The molecule has 0 radical (unpaired) electrons. The van der Waals surface area contributed by atoms with E-state index in [9.17, 15) is 9.90 Å². The van der Waals surface area contributed by atoms with Gasteiger partial charge in [0.2, 0.25) is 5.91 Å². The van der Waals surface area contributed by atoms with Gasteiger partial charge in [0.25, 0.3) is 0 Å². The molecule has 1 rings (SSSR count). The summed E-state index contributed by atoms with van der Waals surface area (Å²) in [6, 6.07) is 5.71.